The molecule has 1 saturated heterocycles. The zero-order chi connectivity index (χ0) is 17.0. The molecule has 130 valence electrons. The van der Waals surface area contributed by atoms with E-state index in [9.17, 15) is 13.2 Å². The minimum Gasteiger partial charge on any atom is -0.341 e. The van der Waals surface area contributed by atoms with Crippen LogP contribution in [-0.2, 0) is 21.9 Å². The van der Waals surface area contributed by atoms with Crippen LogP contribution in [0.4, 0.5) is 0 Å². The van der Waals surface area contributed by atoms with Crippen molar-refractivity contribution in [1.82, 2.24) is 19.0 Å². The van der Waals surface area contributed by atoms with Gasteiger partial charge in [0, 0.05) is 45.8 Å². The Bertz CT molecular complexity index is 641. The summed E-state index contributed by atoms with van der Waals surface area (Å²) >= 11 is 0. The zero-order valence-electron chi connectivity index (χ0n) is 14.1. The Morgan fingerprint density at radius 3 is 2.65 bits per heavy atom. The van der Waals surface area contributed by atoms with Crippen LogP contribution >= 0.6 is 0 Å². The molecule has 7 nitrogen and oxygen atoms in total. The smallest absolute Gasteiger partial charge is 0.246 e. The maximum Gasteiger partial charge on any atom is 0.246 e. The number of amides is 1. The highest BCUT2D eigenvalue weighted by Crippen LogP contribution is 2.18. The van der Waals surface area contributed by atoms with Gasteiger partial charge in [0.2, 0.25) is 15.9 Å². The van der Waals surface area contributed by atoms with Gasteiger partial charge in [0.15, 0.2) is 0 Å². The Kier molecular flexibility index (Phi) is 5.80. The average molecular weight is 342 g/mol. The quantitative estimate of drug-likeness (QED) is 0.802. The molecular formula is C15H26N4O3S. The van der Waals surface area contributed by atoms with Gasteiger partial charge in [-0.15, -0.1) is 0 Å². The summed E-state index contributed by atoms with van der Waals surface area (Å²) in [4.78, 5) is 14.3. The third-order valence-corrected chi connectivity index (χ3v) is 6.20. The largest absolute Gasteiger partial charge is 0.341 e. The van der Waals surface area contributed by atoms with Crippen molar-refractivity contribution in [1.29, 1.82) is 0 Å². The number of sulfonamides is 1. The Balaban J connectivity index is 2.02. The molecule has 0 bridgehead atoms. The van der Waals surface area contributed by atoms with E-state index in [1.165, 1.54) is 21.4 Å². The summed E-state index contributed by atoms with van der Waals surface area (Å²) in [6.45, 7) is 5.98. The summed E-state index contributed by atoms with van der Waals surface area (Å²) in [7, 11) is -1.84. The van der Waals surface area contributed by atoms with Gasteiger partial charge < -0.3 is 4.90 Å². The van der Waals surface area contributed by atoms with E-state index in [4.69, 9.17) is 0 Å². The second-order valence-corrected chi connectivity index (χ2v) is 8.14. The van der Waals surface area contributed by atoms with Crippen LogP contribution < -0.4 is 0 Å². The Labute approximate surface area is 138 Å². The Morgan fingerprint density at radius 1 is 1.30 bits per heavy atom. The number of aromatic nitrogens is 2. The van der Waals surface area contributed by atoms with Gasteiger partial charge in [-0.3, -0.25) is 9.48 Å². The second kappa shape index (κ2) is 7.44. The highest BCUT2D eigenvalue weighted by molar-refractivity contribution is 7.89. The van der Waals surface area contributed by atoms with E-state index >= 15 is 0 Å². The molecule has 2 heterocycles. The Hall–Kier alpha value is -1.41. The minimum atomic E-state index is -3.53. The monoisotopic (exact) mass is 342 g/mol. The SMILES string of the molecule is CCC(C)CC(=O)N1CCCN(S(=O)(=O)c2cnn(C)c2)CC1. The maximum absolute atomic E-state index is 12.6. The maximum atomic E-state index is 12.6. The van der Waals surface area contributed by atoms with E-state index in [1.54, 1.807) is 11.9 Å². The van der Waals surface area contributed by atoms with Gasteiger partial charge in [0.05, 0.1) is 6.20 Å². The topological polar surface area (TPSA) is 75.5 Å². The summed E-state index contributed by atoms with van der Waals surface area (Å²) in [6, 6.07) is 0. The van der Waals surface area contributed by atoms with E-state index < -0.39 is 10.0 Å². The van der Waals surface area contributed by atoms with E-state index in [0.717, 1.165) is 6.42 Å². The van der Waals surface area contributed by atoms with E-state index in [2.05, 4.69) is 18.9 Å². The van der Waals surface area contributed by atoms with Crippen LogP contribution in [0.3, 0.4) is 0 Å². The second-order valence-electron chi connectivity index (χ2n) is 6.21. The van der Waals surface area contributed by atoms with Crippen LogP contribution in [0, 0.1) is 5.92 Å². The first-order valence-electron chi connectivity index (χ1n) is 8.11. The van der Waals surface area contributed by atoms with E-state index in [-0.39, 0.29) is 10.8 Å². The number of carbonyl (C=O) groups excluding carboxylic acids is 1. The molecule has 1 aromatic heterocycles. The molecule has 0 aliphatic carbocycles. The summed E-state index contributed by atoms with van der Waals surface area (Å²) in [5.41, 5.74) is 0. The van der Waals surface area contributed by atoms with E-state index in [1.807, 2.05) is 0 Å². The van der Waals surface area contributed by atoms with Crippen LogP contribution in [0.15, 0.2) is 17.3 Å². The molecule has 1 atom stereocenters. The molecule has 8 heteroatoms. The molecule has 0 N–H and O–H groups in total. The number of nitrogens with zero attached hydrogens (tertiary/aromatic N) is 4. The lowest BCUT2D eigenvalue weighted by atomic mass is 10.0. The molecule has 1 aliphatic heterocycles. The van der Waals surface area contributed by atoms with Crippen LogP contribution in [-0.4, -0.2) is 59.5 Å². The standard InChI is InChI=1S/C15H26N4O3S/c1-4-13(2)10-15(20)18-6-5-7-19(9-8-18)23(21,22)14-11-16-17(3)12-14/h11-13H,4-10H2,1-3H3. The third-order valence-electron chi connectivity index (χ3n) is 4.35. The first-order chi connectivity index (χ1) is 10.8. The fourth-order valence-electron chi connectivity index (χ4n) is 2.64. The van der Waals surface area contributed by atoms with Crippen LogP contribution in [0.2, 0.25) is 0 Å². The molecule has 0 spiro atoms. The number of aryl methyl sites for hydroxylation is 1. The molecule has 1 fully saturated rings. The van der Waals surface area contributed by atoms with Gasteiger partial charge in [-0.2, -0.15) is 9.40 Å². The lowest BCUT2D eigenvalue weighted by Gasteiger charge is -2.22. The predicted octanol–water partition coefficient (Wildman–Crippen LogP) is 1.08. The lowest BCUT2D eigenvalue weighted by molar-refractivity contribution is -0.131. The van der Waals surface area contributed by atoms with Gasteiger partial charge in [-0.05, 0) is 12.3 Å². The predicted molar refractivity (Wildman–Crippen MR) is 87.2 cm³/mol. The molecule has 0 radical (unpaired) electrons. The van der Waals surface area contributed by atoms with Crippen LogP contribution in [0.1, 0.15) is 33.1 Å². The minimum absolute atomic E-state index is 0.125. The lowest BCUT2D eigenvalue weighted by Crippen LogP contribution is -2.37. The van der Waals surface area contributed by atoms with Crippen molar-refractivity contribution in [3.63, 3.8) is 0 Å². The van der Waals surface area contributed by atoms with Crippen LogP contribution in [0.25, 0.3) is 0 Å². The summed E-state index contributed by atoms with van der Waals surface area (Å²) in [5, 5.41) is 3.93. The van der Waals surface area contributed by atoms with Gasteiger partial charge >= 0.3 is 0 Å². The van der Waals surface area contributed by atoms with Crippen molar-refractivity contribution >= 4 is 15.9 Å². The van der Waals surface area contributed by atoms with Crippen molar-refractivity contribution in [3.05, 3.63) is 12.4 Å². The van der Waals surface area contributed by atoms with Gasteiger partial charge in [0.1, 0.15) is 4.90 Å². The van der Waals surface area contributed by atoms with Gasteiger partial charge in [-0.25, -0.2) is 8.42 Å². The summed E-state index contributed by atoms with van der Waals surface area (Å²) in [5.74, 6) is 0.487. The molecule has 0 aromatic carbocycles. The molecule has 1 unspecified atom stereocenters. The highest BCUT2D eigenvalue weighted by atomic mass is 32.2. The first-order valence-corrected chi connectivity index (χ1v) is 9.55. The van der Waals surface area contributed by atoms with Crippen LogP contribution in [0.5, 0.6) is 0 Å². The molecule has 0 saturated carbocycles. The molecule has 23 heavy (non-hydrogen) atoms. The average Bonchev–Trinajstić information content (AvgIpc) is 2.80. The van der Waals surface area contributed by atoms with Crippen molar-refractivity contribution < 1.29 is 13.2 Å². The van der Waals surface area contributed by atoms with E-state index in [0.29, 0.717) is 44.9 Å². The normalized spacial score (nSPS) is 18.7. The molecule has 1 amide bonds. The summed E-state index contributed by atoms with van der Waals surface area (Å²) < 4.78 is 28.2. The molecular weight excluding hydrogens is 316 g/mol. The number of carbonyl (C=O) groups is 1. The molecule has 2 rings (SSSR count). The van der Waals surface area contributed by atoms with Crippen molar-refractivity contribution in [2.75, 3.05) is 26.2 Å². The molecule has 1 aliphatic rings. The fraction of sp³-hybridized carbons (Fsp3) is 0.733. The van der Waals surface area contributed by atoms with Gasteiger partial charge in [0.25, 0.3) is 0 Å². The number of rotatable bonds is 5. The Morgan fingerprint density at radius 2 is 2.04 bits per heavy atom. The zero-order valence-corrected chi connectivity index (χ0v) is 14.9. The van der Waals surface area contributed by atoms with Crippen molar-refractivity contribution in [2.24, 2.45) is 13.0 Å². The summed E-state index contributed by atoms with van der Waals surface area (Å²) in [6.07, 6.45) is 5.04. The molecule has 1 aromatic rings. The fourth-order valence-corrected chi connectivity index (χ4v) is 4.09. The van der Waals surface area contributed by atoms with Gasteiger partial charge in [-0.1, -0.05) is 20.3 Å². The number of hydrogen-bond donors (Lipinski definition) is 0. The van der Waals surface area contributed by atoms with Crippen molar-refractivity contribution in [3.8, 4) is 0 Å². The third kappa shape index (κ3) is 4.32. The highest BCUT2D eigenvalue weighted by Gasteiger charge is 2.29. The number of hydrogen-bond acceptors (Lipinski definition) is 4. The van der Waals surface area contributed by atoms with Crippen molar-refractivity contribution in [2.45, 2.75) is 38.0 Å². The first kappa shape index (κ1) is 17.9.